The van der Waals surface area contributed by atoms with Gasteiger partial charge in [0.05, 0.1) is 20.8 Å². The maximum atomic E-state index is 12.9. The van der Waals surface area contributed by atoms with Crippen molar-refractivity contribution in [2.45, 2.75) is 31.9 Å². The van der Waals surface area contributed by atoms with Gasteiger partial charge >= 0.3 is 0 Å². The maximum Gasteiger partial charge on any atom is 0.268 e. The molecule has 158 valence electrons. The lowest BCUT2D eigenvalue weighted by molar-refractivity contribution is -0.116. The lowest BCUT2D eigenvalue weighted by Crippen LogP contribution is -2.41. The molecule has 2 amide bonds. The molecule has 1 heterocycles. The summed E-state index contributed by atoms with van der Waals surface area (Å²) in [6.45, 7) is 3.42. The molecule has 1 atom stereocenters. The summed E-state index contributed by atoms with van der Waals surface area (Å²) in [5.74, 6) is -0.772. The first kappa shape index (κ1) is 23.2. The van der Waals surface area contributed by atoms with E-state index in [1.54, 1.807) is 6.07 Å². The molecule has 0 saturated carbocycles. The Morgan fingerprint density at radius 1 is 1.13 bits per heavy atom. The molecular weight excluding hydrogens is 488 g/mol. The smallest absolute Gasteiger partial charge is 0.268 e. The van der Waals surface area contributed by atoms with Crippen LogP contribution in [-0.4, -0.2) is 22.9 Å². The van der Waals surface area contributed by atoms with Gasteiger partial charge in [-0.15, -0.1) is 5.10 Å². The highest BCUT2D eigenvalue weighted by atomic mass is 35.5. The molecule has 2 aromatic rings. The average molecular weight is 505 g/mol. The van der Waals surface area contributed by atoms with Crippen molar-refractivity contribution in [1.82, 2.24) is 0 Å². The van der Waals surface area contributed by atoms with Crippen molar-refractivity contribution in [3.63, 3.8) is 0 Å². The van der Waals surface area contributed by atoms with Crippen LogP contribution in [0.3, 0.4) is 0 Å². The van der Waals surface area contributed by atoms with Gasteiger partial charge < -0.3 is 0 Å². The molecular formula is C20H17Cl4N3O2S. The number of hydrogen-bond acceptors (Lipinski definition) is 4. The van der Waals surface area contributed by atoms with Crippen LogP contribution in [0.15, 0.2) is 35.4 Å². The van der Waals surface area contributed by atoms with E-state index >= 15 is 0 Å². The van der Waals surface area contributed by atoms with Crippen LogP contribution in [0, 0.1) is 0 Å². The molecule has 10 heteroatoms. The summed E-state index contributed by atoms with van der Waals surface area (Å²) >= 11 is 29.3. The van der Waals surface area contributed by atoms with Crippen LogP contribution in [-0.2, 0) is 16.0 Å². The molecule has 30 heavy (non-hydrogen) atoms. The van der Waals surface area contributed by atoms with Gasteiger partial charge in [-0.2, -0.15) is 17.6 Å². The number of hydrazone groups is 1. The summed E-state index contributed by atoms with van der Waals surface area (Å²) in [6.07, 6.45) is 1.74. The highest BCUT2D eigenvalue weighted by Crippen LogP contribution is 2.40. The number of aryl methyl sites for hydroxylation is 1. The second kappa shape index (κ2) is 9.37. The van der Waals surface area contributed by atoms with E-state index in [1.807, 2.05) is 12.1 Å². The molecule has 0 radical (unpaired) electrons. The molecule has 0 aliphatic carbocycles. The van der Waals surface area contributed by atoms with Crippen molar-refractivity contribution in [3.05, 3.63) is 56.0 Å². The number of anilines is 2. The topological polar surface area (TPSA) is 53.0 Å². The average Bonchev–Trinajstić information content (AvgIpc) is 2.93. The summed E-state index contributed by atoms with van der Waals surface area (Å²) in [5, 5.41) is 5.31. The van der Waals surface area contributed by atoms with Gasteiger partial charge in [-0.3, -0.25) is 14.5 Å². The van der Waals surface area contributed by atoms with E-state index in [-0.39, 0.29) is 27.5 Å². The largest absolute Gasteiger partial charge is 0.274 e. The Morgan fingerprint density at radius 2 is 1.77 bits per heavy atom. The molecule has 0 aromatic heterocycles. The second-order valence-electron chi connectivity index (χ2n) is 6.62. The summed E-state index contributed by atoms with van der Waals surface area (Å²) in [6, 6.07) is 8.32. The molecule has 3 rings (SSSR count). The van der Waals surface area contributed by atoms with Gasteiger partial charge in [-0.25, -0.2) is 0 Å². The standard InChI is InChI=1S/C20H17Cl4N3O2S/c1-3-4-11-5-6-13(22)16(7-11)26(10(2)28)19-18(30)20(29)27(25-19)17-14(23)8-12(21)9-15(17)24/h5-9,18,30H,3-4H2,1-2H3. The van der Waals surface area contributed by atoms with Crippen LogP contribution >= 0.6 is 59.0 Å². The Kier molecular flexibility index (Phi) is 7.25. The van der Waals surface area contributed by atoms with Crippen LogP contribution in [0.4, 0.5) is 11.4 Å². The highest BCUT2D eigenvalue weighted by molar-refractivity contribution is 7.82. The third-order valence-electron chi connectivity index (χ3n) is 4.42. The van der Waals surface area contributed by atoms with E-state index in [0.29, 0.717) is 15.7 Å². The van der Waals surface area contributed by atoms with Crippen LogP contribution in [0.5, 0.6) is 0 Å². The number of amidine groups is 1. The van der Waals surface area contributed by atoms with Crippen LogP contribution in [0.2, 0.25) is 20.1 Å². The fourth-order valence-corrected chi connectivity index (χ4v) is 4.58. The fourth-order valence-electron chi connectivity index (χ4n) is 3.12. The fraction of sp³-hybridized carbons (Fsp3) is 0.250. The first-order chi connectivity index (χ1) is 14.1. The zero-order chi connectivity index (χ0) is 22.2. The molecule has 0 spiro atoms. The number of hydrogen-bond donors (Lipinski definition) is 1. The Labute approximate surface area is 199 Å². The first-order valence-electron chi connectivity index (χ1n) is 8.99. The van der Waals surface area contributed by atoms with Gasteiger partial charge in [0.15, 0.2) is 5.84 Å². The number of amides is 2. The predicted molar refractivity (Wildman–Crippen MR) is 128 cm³/mol. The Balaban J connectivity index is 2.13. The third kappa shape index (κ3) is 4.43. The van der Waals surface area contributed by atoms with E-state index < -0.39 is 11.2 Å². The molecule has 5 nitrogen and oxygen atoms in total. The molecule has 2 aromatic carbocycles. The van der Waals surface area contributed by atoms with E-state index in [0.717, 1.165) is 23.4 Å². The van der Waals surface area contributed by atoms with Gasteiger partial charge in [0, 0.05) is 11.9 Å². The van der Waals surface area contributed by atoms with Crippen LogP contribution < -0.4 is 9.91 Å². The van der Waals surface area contributed by atoms with Crippen molar-refractivity contribution in [3.8, 4) is 0 Å². The van der Waals surface area contributed by atoms with Crippen molar-refractivity contribution in [2.24, 2.45) is 5.10 Å². The Morgan fingerprint density at radius 3 is 2.33 bits per heavy atom. The molecule has 1 unspecified atom stereocenters. The number of rotatable bonds is 4. The van der Waals surface area contributed by atoms with Crippen molar-refractivity contribution < 1.29 is 9.59 Å². The van der Waals surface area contributed by atoms with Gasteiger partial charge in [0.2, 0.25) is 5.91 Å². The minimum absolute atomic E-state index is 0.105. The lowest BCUT2D eigenvalue weighted by Gasteiger charge is -2.23. The number of carbonyl (C=O) groups is 2. The maximum absolute atomic E-state index is 12.9. The lowest BCUT2D eigenvalue weighted by atomic mass is 10.1. The summed E-state index contributed by atoms with van der Waals surface area (Å²) < 4.78 is 0. The monoisotopic (exact) mass is 503 g/mol. The van der Waals surface area contributed by atoms with Gasteiger partial charge in [0.25, 0.3) is 5.91 Å². The van der Waals surface area contributed by atoms with E-state index in [9.17, 15) is 9.59 Å². The quantitative estimate of drug-likeness (QED) is 0.499. The SMILES string of the molecule is CCCc1ccc(Cl)c(N(C(C)=O)C2=NN(c3c(Cl)cc(Cl)cc3Cl)C(=O)C2S)c1. The number of thiol groups is 1. The van der Waals surface area contributed by atoms with E-state index in [2.05, 4.69) is 24.7 Å². The predicted octanol–water partition coefficient (Wildman–Crippen LogP) is 6.26. The second-order valence-corrected chi connectivity index (χ2v) is 8.79. The molecule has 1 aliphatic rings. The summed E-state index contributed by atoms with van der Waals surface area (Å²) in [7, 11) is 0. The van der Waals surface area contributed by atoms with E-state index in [4.69, 9.17) is 46.4 Å². The molecule has 0 saturated heterocycles. The molecule has 1 aliphatic heterocycles. The zero-order valence-corrected chi connectivity index (χ0v) is 19.9. The highest BCUT2D eigenvalue weighted by Gasteiger charge is 2.41. The van der Waals surface area contributed by atoms with Crippen molar-refractivity contribution in [1.29, 1.82) is 0 Å². The van der Waals surface area contributed by atoms with Crippen molar-refractivity contribution in [2.75, 3.05) is 9.91 Å². The summed E-state index contributed by atoms with van der Waals surface area (Å²) in [4.78, 5) is 26.8. The van der Waals surface area contributed by atoms with Gasteiger partial charge in [-0.1, -0.05) is 65.8 Å². The van der Waals surface area contributed by atoms with E-state index in [1.165, 1.54) is 24.0 Å². The number of halogens is 4. The third-order valence-corrected chi connectivity index (χ3v) is 5.98. The Hall–Kier alpha value is -1.44. The number of nitrogens with zero attached hydrogens (tertiary/aromatic N) is 3. The van der Waals surface area contributed by atoms with Crippen LogP contribution in [0.1, 0.15) is 25.8 Å². The minimum atomic E-state index is -1.03. The molecule has 0 N–H and O–H groups in total. The Bertz CT molecular complexity index is 1040. The number of carbonyl (C=O) groups excluding carboxylic acids is 2. The normalized spacial score (nSPS) is 16.1. The van der Waals surface area contributed by atoms with Crippen molar-refractivity contribution >= 4 is 88.1 Å². The number of benzene rings is 2. The van der Waals surface area contributed by atoms with Crippen LogP contribution in [0.25, 0.3) is 0 Å². The van der Waals surface area contributed by atoms with Gasteiger partial charge in [0.1, 0.15) is 10.9 Å². The molecule has 0 fully saturated rings. The first-order valence-corrected chi connectivity index (χ1v) is 11.0. The minimum Gasteiger partial charge on any atom is -0.274 e. The zero-order valence-electron chi connectivity index (χ0n) is 16.0. The summed E-state index contributed by atoms with van der Waals surface area (Å²) in [5.41, 5.74) is 1.59. The molecule has 0 bridgehead atoms. The van der Waals surface area contributed by atoms with Gasteiger partial charge in [-0.05, 0) is 36.2 Å².